The number of benzene rings is 3. The maximum absolute atomic E-state index is 12.7. The quantitative estimate of drug-likeness (QED) is 0.0697. The molecule has 0 fully saturated rings. The van der Waals surface area contributed by atoms with Crippen molar-refractivity contribution in [2.75, 3.05) is 13.2 Å². The highest BCUT2D eigenvalue weighted by molar-refractivity contribution is 5.93. The summed E-state index contributed by atoms with van der Waals surface area (Å²) >= 11 is 0. The van der Waals surface area contributed by atoms with Crippen molar-refractivity contribution >= 4 is 17.9 Å². The Kier molecular flexibility index (Phi) is 15.9. The first-order valence-electron chi connectivity index (χ1n) is 16.8. The monoisotopic (exact) mass is 630 g/mol. The van der Waals surface area contributed by atoms with E-state index in [-0.39, 0.29) is 5.56 Å². The van der Waals surface area contributed by atoms with E-state index in [1.165, 1.54) is 62.8 Å². The highest BCUT2D eigenvalue weighted by atomic mass is 16.5. The van der Waals surface area contributed by atoms with Crippen molar-refractivity contribution in [3.05, 3.63) is 89.5 Å². The number of carbonyl (C=O) groups excluding carboxylic acids is 3. The Morgan fingerprint density at radius 2 is 1.00 bits per heavy atom. The summed E-state index contributed by atoms with van der Waals surface area (Å²) in [6, 6.07) is 19.3. The predicted molar refractivity (Wildman–Crippen MR) is 181 cm³/mol. The van der Waals surface area contributed by atoms with Crippen molar-refractivity contribution in [1.29, 1.82) is 0 Å². The van der Waals surface area contributed by atoms with Crippen molar-refractivity contribution in [1.82, 2.24) is 0 Å². The van der Waals surface area contributed by atoms with Gasteiger partial charge in [0.05, 0.1) is 29.9 Å². The lowest BCUT2D eigenvalue weighted by Gasteiger charge is -2.12. The highest BCUT2D eigenvalue weighted by Gasteiger charge is 2.14. The Bertz CT molecular complexity index is 1330. The van der Waals surface area contributed by atoms with Crippen LogP contribution in [0.15, 0.2) is 72.8 Å². The minimum atomic E-state index is -0.573. The van der Waals surface area contributed by atoms with Gasteiger partial charge in [0.15, 0.2) is 0 Å². The minimum absolute atomic E-state index is 0.290. The summed E-state index contributed by atoms with van der Waals surface area (Å²) in [5.74, 6) is 1.06. The topological polar surface area (TPSA) is 88.1 Å². The van der Waals surface area contributed by atoms with E-state index in [4.69, 9.17) is 18.9 Å². The van der Waals surface area contributed by atoms with Crippen LogP contribution < -0.4 is 14.2 Å². The summed E-state index contributed by atoms with van der Waals surface area (Å²) in [7, 11) is 0. The fourth-order valence-electron chi connectivity index (χ4n) is 4.86. The van der Waals surface area contributed by atoms with Crippen LogP contribution in [0.3, 0.4) is 0 Å². The average molecular weight is 631 g/mol. The second-order valence-electron chi connectivity index (χ2n) is 12.3. The summed E-state index contributed by atoms with van der Waals surface area (Å²) in [6.45, 7) is 9.88. The third-order valence-corrected chi connectivity index (χ3v) is 7.78. The average Bonchev–Trinajstić information content (AvgIpc) is 3.05. The molecule has 0 saturated carbocycles. The molecule has 0 amide bonds. The molecule has 1 atom stereocenters. The number of carbonyl (C=O) groups is 3. The zero-order valence-corrected chi connectivity index (χ0v) is 27.9. The predicted octanol–water partition coefficient (Wildman–Crippen LogP) is 9.87. The number of esters is 3. The van der Waals surface area contributed by atoms with Crippen LogP contribution in [0.4, 0.5) is 0 Å². The third-order valence-electron chi connectivity index (χ3n) is 7.78. The summed E-state index contributed by atoms with van der Waals surface area (Å²) < 4.78 is 22.1. The number of unbranched alkanes of at least 4 members (excludes halogenated alkanes) is 5. The van der Waals surface area contributed by atoms with Gasteiger partial charge in [-0.25, -0.2) is 14.4 Å². The molecule has 0 aliphatic rings. The zero-order valence-electron chi connectivity index (χ0n) is 27.9. The van der Waals surface area contributed by atoms with Gasteiger partial charge in [-0.15, -0.1) is 0 Å². The van der Waals surface area contributed by atoms with Crippen LogP contribution in [0.5, 0.6) is 17.2 Å². The Labute approximate surface area is 274 Å². The molecule has 0 spiro atoms. The zero-order chi connectivity index (χ0) is 33.1. The van der Waals surface area contributed by atoms with Gasteiger partial charge in [0.1, 0.15) is 17.2 Å². The summed E-state index contributed by atoms with van der Waals surface area (Å²) in [5, 5.41) is 0. The molecule has 3 rings (SSSR count). The maximum atomic E-state index is 12.7. The normalized spacial score (nSPS) is 11.6. The molecule has 7 nitrogen and oxygen atoms in total. The molecule has 0 bridgehead atoms. The van der Waals surface area contributed by atoms with Gasteiger partial charge in [0, 0.05) is 0 Å². The van der Waals surface area contributed by atoms with Crippen molar-refractivity contribution in [2.24, 2.45) is 11.8 Å². The molecule has 0 aliphatic heterocycles. The number of ether oxygens (including phenoxy) is 4. The van der Waals surface area contributed by atoms with Crippen molar-refractivity contribution in [3.8, 4) is 17.2 Å². The summed E-state index contributed by atoms with van der Waals surface area (Å²) in [6.07, 6.45) is 11.6. The molecule has 3 aromatic carbocycles. The first-order valence-corrected chi connectivity index (χ1v) is 16.8. The highest BCUT2D eigenvalue weighted by Crippen LogP contribution is 2.20. The van der Waals surface area contributed by atoms with Crippen LogP contribution in [0.1, 0.15) is 123 Å². The van der Waals surface area contributed by atoms with Gasteiger partial charge in [0.25, 0.3) is 0 Å². The van der Waals surface area contributed by atoms with E-state index in [9.17, 15) is 14.4 Å². The minimum Gasteiger partial charge on any atom is -0.494 e. The van der Waals surface area contributed by atoms with Crippen LogP contribution in [0.2, 0.25) is 0 Å². The van der Waals surface area contributed by atoms with E-state index in [1.54, 1.807) is 48.5 Å². The third kappa shape index (κ3) is 13.5. The first kappa shape index (κ1) is 36.3. The molecule has 0 aromatic heterocycles. The van der Waals surface area contributed by atoms with Crippen LogP contribution >= 0.6 is 0 Å². The van der Waals surface area contributed by atoms with Crippen LogP contribution in [-0.2, 0) is 4.74 Å². The van der Waals surface area contributed by atoms with Gasteiger partial charge >= 0.3 is 17.9 Å². The van der Waals surface area contributed by atoms with Gasteiger partial charge in [-0.3, -0.25) is 0 Å². The van der Waals surface area contributed by atoms with Gasteiger partial charge in [-0.05, 0) is 97.5 Å². The van der Waals surface area contributed by atoms with Gasteiger partial charge in [0.2, 0.25) is 0 Å². The molecule has 0 N–H and O–H groups in total. The Balaban J connectivity index is 1.39. The van der Waals surface area contributed by atoms with Crippen LogP contribution in [-0.4, -0.2) is 31.1 Å². The Morgan fingerprint density at radius 3 is 1.52 bits per heavy atom. The van der Waals surface area contributed by atoms with Crippen molar-refractivity contribution in [2.45, 2.75) is 91.9 Å². The first-order chi connectivity index (χ1) is 22.2. The fourth-order valence-corrected chi connectivity index (χ4v) is 4.86. The van der Waals surface area contributed by atoms with E-state index >= 15 is 0 Å². The van der Waals surface area contributed by atoms with E-state index < -0.39 is 17.9 Å². The SMILES string of the molecule is CCCCCCCCOc1ccc(C(=O)Oc2ccc(C(=O)Oc3ccc(C(=O)OCCC(C)CCCC(C)C)cc3)cc2)cc1. The molecule has 1 unspecified atom stereocenters. The molecule has 3 aromatic rings. The molecule has 0 aliphatic carbocycles. The lowest BCUT2D eigenvalue weighted by Crippen LogP contribution is -2.11. The number of hydrogen-bond donors (Lipinski definition) is 0. The number of rotatable bonds is 20. The second-order valence-corrected chi connectivity index (χ2v) is 12.3. The van der Waals surface area contributed by atoms with Gasteiger partial charge in [-0.2, -0.15) is 0 Å². The maximum Gasteiger partial charge on any atom is 0.343 e. The van der Waals surface area contributed by atoms with Crippen LogP contribution in [0.25, 0.3) is 0 Å². The van der Waals surface area contributed by atoms with E-state index in [0.29, 0.717) is 47.7 Å². The molecule has 46 heavy (non-hydrogen) atoms. The lowest BCUT2D eigenvalue weighted by molar-refractivity contribution is 0.0483. The molecule has 0 radical (unpaired) electrons. The molecule has 0 saturated heterocycles. The fraction of sp³-hybridized carbons (Fsp3) is 0.462. The van der Waals surface area contributed by atoms with E-state index in [0.717, 1.165) is 31.4 Å². The largest absolute Gasteiger partial charge is 0.494 e. The van der Waals surface area contributed by atoms with E-state index in [2.05, 4.69) is 27.7 Å². The molecular weight excluding hydrogens is 580 g/mol. The Morgan fingerprint density at radius 1 is 0.522 bits per heavy atom. The molecule has 0 heterocycles. The van der Waals surface area contributed by atoms with Crippen molar-refractivity contribution in [3.63, 3.8) is 0 Å². The number of hydrogen-bond acceptors (Lipinski definition) is 7. The lowest BCUT2D eigenvalue weighted by atomic mass is 9.98. The van der Waals surface area contributed by atoms with Crippen LogP contribution in [0, 0.1) is 11.8 Å². The molecule has 248 valence electrons. The van der Waals surface area contributed by atoms with E-state index in [1.807, 2.05) is 0 Å². The second kappa shape index (κ2) is 20.1. The summed E-state index contributed by atoms with van der Waals surface area (Å²) in [5.41, 5.74) is 1.08. The standard InChI is InChI=1S/C39H50O7/c1-5-6-7-8-9-10-27-43-34-20-14-32(15-21-34)38(41)46-36-24-18-33(19-25-36)39(42)45-35-22-16-31(17-23-35)37(40)44-28-26-30(4)13-11-12-29(2)3/h14-25,29-30H,5-13,26-28H2,1-4H3. The van der Waals surface area contributed by atoms with Crippen molar-refractivity contribution < 1.29 is 33.3 Å². The molecule has 7 heteroatoms. The smallest absolute Gasteiger partial charge is 0.343 e. The molecular formula is C39H50O7. The van der Waals surface area contributed by atoms with Gasteiger partial charge < -0.3 is 18.9 Å². The summed E-state index contributed by atoms with van der Waals surface area (Å²) in [4.78, 5) is 37.7. The van der Waals surface area contributed by atoms with Gasteiger partial charge in [-0.1, -0.05) is 79.1 Å². The Hall–Kier alpha value is -4.13.